The van der Waals surface area contributed by atoms with E-state index in [9.17, 15) is 5.11 Å². The van der Waals surface area contributed by atoms with Gasteiger partial charge in [-0.1, -0.05) is 0 Å². The van der Waals surface area contributed by atoms with Crippen LogP contribution in [0.1, 0.15) is 32.1 Å². The Morgan fingerprint density at radius 2 is 1.59 bits per heavy atom. The Hall–Kier alpha value is -0.990. The van der Waals surface area contributed by atoms with Crippen LogP contribution >= 0.6 is 0 Å². The van der Waals surface area contributed by atoms with Gasteiger partial charge in [0.05, 0.1) is 6.54 Å². The van der Waals surface area contributed by atoms with Gasteiger partial charge >= 0.3 is 0 Å². The highest BCUT2D eigenvalue weighted by Gasteiger charge is 2.50. The lowest BCUT2D eigenvalue weighted by atomic mass is 9.50. The van der Waals surface area contributed by atoms with Crippen molar-refractivity contribution in [3.63, 3.8) is 0 Å². The van der Waals surface area contributed by atoms with E-state index in [0.717, 1.165) is 29.2 Å². The summed E-state index contributed by atoms with van der Waals surface area (Å²) < 4.78 is 0. The van der Waals surface area contributed by atoms with Crippen LogP contribution in [0.2, 0.25) is 0 Å². The normalized spacial score (nSPS) is 47.8. The number of aliphatic hydroxyl groups is 1. The van der Waals surface area contributed by atoms with Gasteiger partial charge < -0.3 is 10.8 Å². The van der Waals surface area contributed by atoms with E-state index in [1.807, 2.05) is 0 Å². The Morgan fingerprint density at radius 3 is 2.06 bits per heavy atom. The van der Waals surface area contributed by atoms with E-state index in [-0.39, 0.29) is 0 Å². The maximum absolute atomic E-state index is 10.0. The molecule has 4 bridgehead atoms. The standard InChI is InChI=1S/C14H20N2O/c15-14-13(11(17)6-16-14)12-9-2-7-1-8(4-9)5-10(12)3-7/h7-10,12,17H,1-6H2,(H2,15,16). The first kappa shape index (κ1) is 9.98. The second kappa shape index (κ2) is 3.27. The van der Waals surface area contributed by atoms with Crippen molar-refractivity contribution in [2.24, 2.45) is 40.3 Å². The highest BCUT2D eigenvalue weighted by Crippen LogP contribution is 2.58. The number of nitrogens with two attached hydrogens (primary N) is 1. The minimum Gasteiger partial charge on any atom is -0.510 e. The van der Waals surface area contributed by atoms with Crippen molar-refractivity contribution in [1.82, 2.24) is 0 Å². The van der Waals surface area contributed by atoms with Gasteiger partial charge in [-0.3, -0.25) is 4.99 Å². The van der Waals surface area contributed by atoms with Crippen LogP contribution in [0.3, 0.4) is 0 Å². The first-order valence-corrected chi connectivity index (χ1v) is 6.94. The highest BCUT2D eigenvalue weighted by atomic mass is 16.3. The summed E-state index contributed by atoms with van der Waals surface area (Å²) in [5.41, 5.74) is 7.01. The molecule has 4 fully saturated rings. The number of hydrogen-bond donors (Lipinski definition) is 2. The molecule has 4 aliphatic carbocycles. The van der Waals surface area contributed by atoms with E-state index in [0.29, 0.717) is 24.1 Å². The van der Waals surface area contributed by atoms with Gasteiger partial charge in [0.15, 0.2) is 0 Å². The molecule has 1 heterocycles. The zero-order chi connectivity index (χ0) is 11.6. The summed E-state index contributed by atoms with van der Waals surface area (Å²) >= 11 is 0. The number of aliphatic hydroxyl groups excluding tert-OH is 1. The fraction of sp³-hybridized carbons (Fsp3) is 0.786. The zero-order valence-corrected chi connectivity index (χ0v) is 10.1. The van der Waals surface area contributed by atoms with Crippen LogP contribution in [-0.2, 0) is 0 Å². The molecule has 3 N–H and O–H groups in total. The van der Waals surface area contributed by atoms with E-state index < -0.39 is 0 Å². The van der Waals surface area contributed by atoms with E-state index in [1.54, 1.807) is 0 Å². The lowest BCUT2D eigenvalue weighted by molar-refractivity contribution is -0.0197. The molecular weight excluding hydrogens is 212 g/mol. The van der Waals surface area contributed by atoms with Crippen molar-refractivity contribution in [1.29, 1.82) is 0 Å². The first-order valence-electron chi connectivity index (χ1n) is 6.94. The van der Waals surface area contributed by atoms with E-state index in [1.165, 1.54) is 32.1 Å². The fourth-order valence-corrected chi connectivity index (χ4v) is 5.24. The SMILES string of the molecule is NC1=NCC(O)=C1C1C2CC3CC(C2)CC1C3. The second-order valence-electron chi connectivity index (χ2n) is 6.52. The largest absolute Gasteiger partial charge is 0.510 e. The Bertz CT molecular complexity index is 396. The lowest BCUT2D eigenvalue weighted by Gasteiger charge is -2.54. The second-order valence-corrected chi connectivity index (χ2v) is 6.52. The number of amidine groups is 1. The quantitative estimate of drug-likeness (QED) is 0.728. The summed E-state index contributed by atoms with van der Waals surface area (Å²) in [6.07, 6.45) is 6.92. The van der Waals surface area contributed by atoms with Gasteiger partial charge in [-0.25, -0.2) is 0 Å². The minimum absolute atomic E-state index is 0.421. The summed E-state index contributed by atoms with van der Waals surface area (Å²) in [7, 11) is 0. The highest BCUT2D eigenvalue weighted by molar-refractivity contribution is 5.99. The van der Waals surface area contributed by atoms with Crippen LogP contribution in [0.5, 0.6) is 0 Å². The van der Waals surface area contributed by atoms with E-state index in [4.69, 9.17) is 5.73 Å². The van der Waals surface area contributed by atoms with Crippen molar-refractivity contribution >= 4 is 5.84 Å². The molecule has 0 aromatic rings. The minimum atomic E-state index is 0.421. The van der Waals surface area contributed by atoms with Crippen molar-refractivity contribution < 1.29 is 5.11 Å². The Morgan fingerprint density at radius 1 is 1.00 bits per heavy atom. The molecule has 0 radical (unpaired) electrons. The van der Waals surface area contributed by atoms with Gasteiger partial charge in [0.25, 0.3) is 0 Å². The molecule has 92 valence electrons. The number of nitrogens with zero attached hydrogens (tertiary/aromatic N) is 1. The number of aliphatic imine (C=N–C) groups is 1. The maximum Gasteiger partial charge on any atom is 0.125 e. The van der Waals surface area contributed by atoms with Gasteiger partial charge in [0.1, 0.15) is 11.6 Å². The van der Waals surface area contributed by atoms with Crippen LogP contribution in [0, 0.1) is 29.6 Å². The van der Waals surface area contributed by atoms with Gasteiger partial charge in [-0.05, 0) is 61.7 Å². The third kappa shape index (κ3) is 1.31. The summed E-state index contributed by atoms with van der Waals surface area (Å²) in [4.78, 5) is 4.20. The number of rotatable bonds is 1. The third-order valence-corrected chi connectivity index (χ3v) is 5.55. The summed E-state index contributed by atoms with van der Waals surface area (Å²) in [6.45, 7) is 0.421. The number of hydrogen-bond acceptors (Lipinski definition) is 3. The van der Waals surface area contributed by atoms with Crippen molar-refractivity contribution in [3.8, 4) is 0 Å². The Kier molecular flexibility index (Phi) is 1.92. The van der Waals surface area contributed by atoms with Gasteiger partial charge in [-0.2, -0.15) is 0 Å². The molecule has 17 heavy (non-hydrogen) atoms. The molecule has 3 heteroatoms. The maximum atomic E-state index is 10.0. The zero-order valence-electron chi connectivity index (χ0n) is 10.1. The van der Waals surface area contributed by atoms with E-state index >= 15 is 0 Å². The average molecular weight is 232 g/mol. The molecule has 0 saturated heterocycles. The molecule has 5 rings (SSSR count). The molecule has 0 unspecified atom stereocenters. The fourth-order valence-electron chi connectivity index (χ4n) is 5.24. The predicted octanol–water partition coefficient (Wildman–Crippen LogP) is 2.24. The van der Waals surface area contributed by atoms with Crippen LogP contribution in [0.4, 0.5) is 0 Å². The molecule has 0 aromatic heterocycles. The van der Waals surface area contributed by atoms with Gasteiger partial charge in [0.2, 0.25) is 0 Å². The van der Waals surface area contributed by atoms with Crippen molar-refractivity contribution in [2.75, 3.05) is 6.54 Å². The molecule has 3 nitrogen and oxygen atoms in total. The van der Waals surface area contributed by atoms with Crippen molar-refractivity contribution in [3.05, 3.63) is 11.3 Å². The molecule has 1 aliphatic heterocycles. The van der Waals surface area contributed by atoms with Crippen LogP contribution in [-0.4, -0.2) is 17.5 Å². The third-order valence-electron chi connectivity index (χ3n) is 5.55. The molecule has 5 aliphatic rings. The predicted molar refractivity (Wildman–Crippen MR) is 66.7 cm³/mol. The Labute approximate surface area is 102 Å². The topological polar surface area (TPSA) is 58.6 Å². The van der Waals surface area contributed by atoms with Crippen molar-refractivity contribution in [2.45, 2.75) is 32.1 Å². The molecule has 0 atom stereocenters. The molecular formula is C14H20N2O. The molecule has 0 spiro atoms. The van der Waals surface area contributed by atoms with Gasteiger partial charge in [-0.15, -0.1) is 0 Å². The summed E-state index contributed by atoms with van der Waals surface area (Å²) in [5, 5.41) is 10.0. The monoisotopic (exact) mass is 232 g/mol. The summed E-state index contributed by atoms with van der Waals surface area (Å²) in [5.74, 6) is 5.09. The van der Waals surface area contributed by atoms with Crippen LogP contribution in [0.25, 0.3) is 0 Å². The van der Waals surface area contributed by atoms with Crippen LogP contribution < -0.4 is 5.73 Å². The van der Waals surface area contributed by atoms with Gasteiger partial charge in [0, 0.05) is 5.57 Å². The van der Waals surface area contributed by atoms with E-state index in [2.05, 4.69) is 4.99 Å². The Balaban J connectivity index is 1.71. The summed E-state index contributed by atoms with van der Waals surface area (Å²) in [6, 6.07) is 0. The lowest BCUT2D eigenvalue weighted by Crippen LogP contribution is -2.47. The van der Waals surface area contributed by atoms with Crippen LogP contribution in [0.15, 0.2) is 16.3 Å². The smallest absolute Gasteiger partial charge is 0.125 e. The average Bonchev–Trinajstić information content (AvgIpc) is 2.59. The first-order chi connectivity index (χ1) is 8.22. The molecule has 0 amide bonds. The molecule has 0 aromatic carbocycles. The molecule has 4 saturated carbocycles.